The first-order chi connectivity index (χ1) is 6.61. The van der Waals surface area contributed by atoms with E-state index in [1.165, 1.54) is 14.2 Å². The Morgan fingerprint density at radius 3 is 2.36 bits per heavy atom. The van der Waals surface area contributed by atoms with Crippen molar-refractivity contribution in [1.82, 2.24) is 0 Å². The normalized spacial score (nSPS) is 26.0. The number of ketones is 1. The number of hydrogen-bond acceptors (Lipinski definition) is 6. The number of Topliss-reactive ketones (excluding diaryl/α,β-unsaturated/α-hetero) is 1. The minimum Gasteiger partial charge on any atom is -0.468 e. The van der Waals surface area contributed by atoms with Gasteiger partial charge in [0, 0.05) is 0 Å². The van der Waals surface area contributed by atoms with E-state index in [9.17, 15) is 14.4 Å². The SMILES string of the molecule is COC(=O)[C@H]1C(=O)CS[C@H]1C(=O)OC. The summed E-state index contributed by atoms with van der Waals surface area (Å²) in [5, 5.41) is -0.750. The van der Waals surface area contributed by atoms with Gasteiger partial charge in [0.2, 0.25) is 0 Å². The number of methoxy groups -OCH3 is 2. The van der Waals surface area contributed by atoms with Crippen LogP contribution in [-0.4, -0.2) is 42.9 Å². The van der Waals surface area contributed by atoms with Crippen LogP contribution in [-0.2, 0) is 23.9 Å². The van der Waals surface area contributed by atoms with Crippen LogP contribution in [0.4, 0.5) is 0 Å². The molecule has 14 heavy (non-hydrogen) atoms. The molecule has 0 N–H and O–H groups in total. The maximum Gasteiger partial charge on any atom is 0.320 e. The van der Waals surface area contributed by atoms with Gasteiger partial charge < -0.3 is 9.47 Å². The van der Waals surface area contributed by atoms with Gasteiger partial charge in [0.15, 0.2) is 5.78 Å². The third kappa shape index (κ3) is 1.89. The van der Waals surface area contributed by atoms with Gasteiger partial charge in [-0.15, -0.1) is 11.8 Å². The molecule has 0 amide bonds. The zero-order valence-corrected chi connectivity index (χ0v) is 8.63. The first kappa shape index (κ1) is 11.0. The van der Waals surface area contributed by atoms with Crippen LogP contribution in [0.25, 0.3) is 0 Å². The summed E-state index contributed by atoms with van der Waals surface area (Å²) in [6.45, 7) is 0. The third-order valence-electron chi connectivity index (χ3n) is 1.94. The maximum absolute atomic E-state index is 11.3. The number of carbonyl (C=O) groups is 3. The van der Waals surface area contributed by atoms with Crippen LogP contribution in [0.5, 0.6) is 0 Å². The lowest BCUT2D eigenvalue weighted by Gasteiger charge is -2.12. The predicted molar refractivity (Wildman–Crippen MR) is 48.8 cm³/mol. The topological polar surface area (TPSA) is 69.7 Å². The molecule has 0 aromatic carbocycles. The van der Waals surface area contributed by atoms with Crippen molar-refractivity contribution in [3.63, 3.8) is 0 Å². The number of thioether (sulfide) groups is 1. The molecule has 5 nitrogen and oxygen atoms in total. The Kier molecular flexibility index (Phi) is 3.51. The molecule has 1 aliphatic heterocycles. The smallest absolute Gasteiger partial charge is 0.320 e. The van der Waals surface area contributed by atoms with E-state index >= 15 is 0 Å². The molecule has 1 saturated heterocycles. The molecular formula is C8H10O5S. The Balaban J connectivity index is 2.81. The van der Waals surface area contributed by atoms with E-state index in [0.717, 1.165) is 11.8 Å². The van der Waals surface area contributed by atoms with Gasteiger partial charge in [-0.2, -0.15) is 0 Å². The minimum atomic E-state index is -1.00. The molecule has 0 spiro atoms. The maximum atomic E-state index is 11.3. The Hall–Kier alpha value is -1.04. The number of ether oxygens (including phenoxy) is 2. The van der Waals surface area contributed by atoms with Crippen molar-refractivity contribution >= 4 is 29.5 Å². The van der Waals surface area contributed by atoms with Gasteiger partial charge in [0.25, 0.3) is 0 Å². The fourth-order valence-electron chi connectivity index (χ4n) is 1.23. The molecule has 0 bridgehead atoms. The van der Waals surface area contributed by atoms with Crippen molar-refractivity contribution in [1.29, 1.82) is 0 Å². The molecule has 0 aliphatic carbocycles. The lowest BCUT2D eigenvalue weighted by atomic mass is 10.0. The summed E-state index contributed by atoms with van der Waals surface area (Å²) in [5.41, 5.74) is 0. The molecule has 78 valence electrons. The van der Waals surface area contributed by atoms with Crippen LogP contribution >= 0.6 is 11.8 Å². The molecule has 2 atom stereocenters. The molecular weight excluding hydrogens is 208 g/mol. The van der Waals surface area contributed by atoms with Crippen molar-refractivity contribution in [2.24, 2.45) is 5.92 Å². The summed E-state index contributed by atoms with van der Waals surface area (Å²) in [5.74, 6) is -2.36. The molecule has 0 unspecified atom stereocenters. The van der Waals surface area contributed by atoms with Gasteiger partial charge in [-0.1, -0.05) is 0 Å². The highest BCUT2D eigenvalue weighted by molar-refractivity contribution is 8.01. The van der Waals surface area contributed by atoms with Crippen molar-refractivity contribution in [3.8, 4) is 0 Å². The molecule has 0 aromatic heterocycles. The van der Waals surface area contributed by atoms with Gasteiger partial charge in [-0.05, 0) is 0 Å². The van der Waals surface area contributed by atoms with Crippen LogP contribution in [0.2, 0.25) is 0 Å². The Bertz CT molecular complexity index is 275. The number of hydrogen-bond donors (Lipinski definition) is 0. The van der Waals surface area contributed by atoms with Crippen LogP contribution in [0.1, 0.15) is 0 Å². The van der Waals surface area contributed by atoms with Crippen LogP contribution in [0, 0.1) is 5.92 Å². The molecule has 6 heteroatoms. The summed E-state index contributed by atoms with van der Waals surface area (Å²) >= 11 is 1.11. The average Bonchev–Trinajstić information content (AvgIpc) is 2.58. The van der Waals surface area contributed by atoms with Gasteiger partial charge in [0.05, 0.1) is 20.0 Å². The molecule has 1 aliphatic rings. The number of carbonyl (C=O) groups excluding carboxylic acids is 3. The molecule has 0 aromatic rings. The molecule has 1 heterocycles. The first-order valence-corrected chi connectivity index (χ1v) is 4.96. The van der Waals surface area contributed by atoms with Crippen LogP contribution < -0.4 is 0 Å². The molecule has 0 saturated carbocycles. The largest absolute Gasteiger partial charge is 0.468 e. The second-order valence-electron chi connectivity index (χ2n) is 2.72. The zero-order chi connectivity index (χ0) is 10.7. The van der Waals surface area contributed by atoms with E-state index < -0.39 is 23.1 Å². The molecule has 1 fully saturated rings. The molecule has 1 rings (SSSR count). The summed E-state index contributed by atoms with van der Waals surface area (Å²) in [4.78, 5) is 33.7. The monoisotopic (exact) mass is 218 g/mol. The summed E-state index contributed by atoms with van der Waals surface area (Å²) in [7, 11) is 2.41. The van der Waals surface area contributed by atoms with Gasteiger partial charge >= 0.3 is 11.9 Å². The fraction of sp³-hybridized carbons (Fsp3) is 0.625. The number of rotatable bonds is 2. The highest BCUT2D eigenvalue weighted by Crippen LogP contribution is 2.31. The van der Waals surface area contributed by atoms with Crippen molar-refractivity contribution in [2.45, 2.75) is 5.25 Å². The van der Waals surface area contributed by atoms with Crippen molar-refractivity contribution < 1.29 is 23.9 Å². The fourth-order valence-corrected chi connectivity index (χ4v) is 2.44. The Morgan fingerprint density at radius 2 is 1.86 bits per heavy atom. The lowest BCUT2D eigenvalue weighted by Crippen LogP contribution is -2.34. The van der Waals surface area contributed by atoms with E-state index in [1.807, 2.05) is 0 Å². The summed E-state index contributed by atoms with van der Waals surface area (Å²) < 4.78 is 8.94. The quantitative estimate of drug-likeness (QED) is 0.465. The highest BCUT2D eigenvalue weighted by atomic mass is 32.2. The van der Waals surface area contributed by atoms with E-state index in [-0.39, 0.29) is 11.5 Å². The summed E-state index contributed by atoms with van der Waals surface area (Å²) in [6, 6.07) is 0. The van der Waals surface area contributed by atoms with Crippen LogP contribution in [0.15, 0.2) is 0 Å². The van der Waals surface area contributed by atoms with Gasteiger partial charge in [0.1, 0.15) is 11.2 Å². The van der Waals surface area contributed by atoms with Gasteiger partial charge in [-0.25, -0.2) is 0 Å². The second-order valence-corrected chi connectivity index (χ2v) is 3.85. The predicted octanol–water partition coefficient (Wildman–Crippen LogP) is -0.367. The number of esters is 2. The highest BCUT2D eigenvalue weighted by Gasteiger charge is 2.46. The lowest BCUT2D eigenvalue weighted by molar-refractivity contribution is -0.153. The van der Waals surface area contributed by atoms with E-state index in [1.54, 1.807) is 0 Å². The second kappa shape index (κ2) is 4.45. The van der Waals surface area contributed by atoms with Gasteiger partial charge in [-0.3, -0.25) is 14.4 Å². The first-order valence-electron chi connectivity index (χ1n) is 3.91. The Labute approximate surface area is 85.1 Å². The standard InChI is InChI=1S/C8H10O5S/c1-12-7(10)5-4(9)3-14-6(5)8(11)13-2/h5-6H,3H2,1-2H3/t5-,6+/m0/s1. The summed E-state index contributed by atoms with van der Waals surface area (Å²) in [6.07, 6.45) is 0. The van der Waals surface area contributed by atoms with Crippen molar-refractivity contribution in [3.05, 3.63) is 0 Å². The molecule has 0 radical (unpaired) electrons. The zero-order valence-electron chi connectivity index (χ0n) is 7.81. The average molecular weight is 218 g/mol. The Morgan fingerprint density at radius 1 is 1.29 bits per heavy atom. The third-order valence-corrected chi connectivity index (χ3v) is 3.22. The van der Waals surface area contributed by atoms with E-state index in [4.69, 9.17) is 0 Å². The van der Waals surface area contributed by atoms with E-state index in [2.05, 4.69) is 9.47 Å². The van der Waals surface area contributed by atoms with Crippen molar-refractivity contribution in [2.75, 3.05) is 20.0 Å². The van der Waals surface area contributed by atoms with E-state index in [0.29, 0.717) is 0 Å². The minimum absolute atomic E-state index is 0.152. The van der Waals surface area contributed by atoms with Crippen LogP contribution in [0.3, 0.4) is 0 Å².